The molecule has 0 saturated carbocycles. The summed E-state index contributed by atoms with van der Waals surface area (Å²) in [4.78, 5) is 26.0. The number of nitrogens with zero attached hydrogens (tertiary/aromatic N) is 1. The number of nitrogens with one attached hydrogen (secondary N) is 4. The number of rotatable bonds is 8. The van der Waals surface area contributed by atoms with E-state index in [9.17, 15) is 14.0 Å². The average Bonchev–Trinajstić information content (AvgIpc) is 2.82. The third kappa shape index (κ3) is 5.14. The van der Waals surface area contributed by atoms with Crippen LogP contribution in [0.25, 0.3) is 0 Å². The molecule has 2 aromatic carbocycles. The number of hydrogen-bond donors (Lipinski definition) is 4. The molecule has 0 bridgehead atoms. The van der Waals surface area contributed by atoms with Crippen molar-refractivity contribution in [2.75, 3.05) is 24.1 Å². The molecule has 0 unspecified atom stereocenters. The highest BCUT2D eigenvalue weighted by molar-refractivity contribution is 7.98. The third-order valence-corrected chi connectivity index (χ3v) is 5.95. The fourth-order valence-corrected chi connectivity index (χ4v) is 3.91. The quantitative estimate of drug-likeness (QED) is 0.324. The number of aromatic nitrogens is 1. The Morgan fingerprint density at radius 2 is 1.88 bits per heavy atom. The van der Waals surface area contributed by atoms with Crippen molar-refractivity contribution in [3.63, 3.8) is 0 Å². The van der Waals surface area contributed by atoms with Gasteiger partial charge in [-0.1, -0.05) is 23.7 Å². The van der Waals surface area contributed by atoms with Crippen molar-refractivity contribution in [1.29, 1.82) is 0 Å². The van der Waals surface area contributed by atoms with Crippen LogP contribution in [0.2, 0.25) is 5.02 Å². The molecule has 4 N–H and O–H groups in total. The Balaban J connectivity index is 2.20. The molecule has 11 heteroatoms. The number of pyridine rings is 1. The maximum absolute atomic E-state index is 14.6. The summed E-state index contributed by atoms with van der Waals surface area (Å²) in [6.45, 7) is 3.31. The molecule has 1 heterocycles. The van der Waals surface area contributed by atoms with E-state index in [1.54, 1.807) is 45.2 Å². The Hall–Kier alpha value is -3.21. The van der Waals surface area contributed by atoms with Crippen LogP contribution in [-0.4, -0.2) is 24.6 Å². The molecule has 0 atom stereocenters. The topological polar surface area (TPSA) is 96.4 Å². The predicted molar refractivity (Wildman–Crippen MR) is 136 cm³/mol. The SMILES string of the molecule is CNSNc1cccc(Oc2c(C(=O)NC)c(Nc3ccc(C)cc3F)n(C)c(=O)c2C)c1Cl. The number of ether oxygens (including phenoxy) is 1. The smallest absolute Gasteiger partial charge is 0.258 e. The van der Waals surface area contributed by atoms with Gasteiger partial charge in [0.25, 0.3) is 11.5 Å². The highest BCUT2D eigenvalue weighted by atomic mass is 35.5. The lowest BCUT2D eigenvalue weighted by Crippen LogP contribution is -2.29. The molecule has 0 aliphatic carbocycles. The molecule has 0 radical (unpaired) electrons. The van der Waals surface area contributed by atoms with Crippen molar-refractivity contribution in [3.8, 4) is 11.5 Å². The van der Waals surface area contributed by atoms with Gasteiger partial charge >= 0.3 is 0 Å². The summed E-state index contributed by atoms with van der Waals surface area (Å²) in [5, 5.41) is 5.71. The van der Waals surface area contributed by atoms with E-state index in [0.717, 1.165) is 5.56 Å². The van der Waals surface area contributed by atoms with E-state index in [0.29, 0.717) is 5.69 Å². The zero-order valence-corrected chi connectivity index (χ0v) is 20.9. The minimum absolute atomic E-state index is 0.0118. The lowest BCUT2D eigenvalue weighted by Gasteiger charge is -2.21. The maximum Gasteiger partial charge on any atom is 0.258 e. The lowest BCUT2D eigenvalue weighted by molar-refractivity contribution is 0.0961. The van der Waals surface area contributed by atoms with Gasteiger partial charge in [0.1, 0.15) is 28.0 Å². The number of carbonyl (C=O) groups excluding carboxylic acids is 1. The van der Waals surface area contributed by atoms with Gasteiger partial charge in [-0.3, -0.25) is 14.2 Å². The minimum atomic E-state index is -0.528. The van der Waals surface area contributed by atoms with Crippen molar-refractivity contribution in [2.24, 2.45) is 7.05 Å². The molecular formula is C23H25ClFN5O3S. The van der Waals surface area contributed by atoms with E-state index < -0.39 is 17.3 Å². The number of anilines is 3. The van der Waals surface area contributed by atoms with Gasteiger partial charge in [-0.25, -0.2) is 9.11 Å². The second-order valence-corrected chi connectivity index (χ2v) is 8.55. The summed E-state index contributed by atoms with van der Waals surface area (Å²) < 4.78 is 27.8. The Morgan fingerprint density at radius 3 is 2.53 bits per heavy atom. The van der Waals surface area contributed by atoms with Gasteiger partial charge < -0.3 is 20.1 Å². The summed E-state index contributed by atoms with van der Waals surface area (Å²) >= 11 is 7.72. The summed E-state index contributed by atoms with van der Waals surface area (Å²) in [7, 11) is 4.69. The van der Waals surface area contributed by atoms with Crippen LogP contribution in [0.5, 0.6) is 11.5 Å². The maximum atomic E-state index is 14.6. The number of benzene rings is 2. The molecule has 3 aromatic rings. The van der Waals surface area contributed by atoms with Crippen LogP contribution < -0.4 is 30.4 Å². The fourth-order valence-electron chi connectivity index (χ4n) is 3.26. The van der Waals surface area contributed by atoms with Gasteiger partial charge in [-0.2, -0.15) is 0 Å². The molecular weight excluding hydrogens is 481 g/mol. The van der Waals surface area contributed by atoms with Gasteiger partial charge in [-0.15, -0.1) is 0 Å². The van der Waals surface area contributed by atoms with Crippen LogP contribution in [0.1, 0.15) is 21.5 Å². The molecule has 1 amide bonds. The first-order chi connectivity index (χ1) is 16.2. The number of aryl methyl sites for hydroxylation is 1. The Bertz CT molecular complexity index is 1300. The molecule has 0 aliphatic heterocycles. The second kappa shape index (κ2) is 10.8. The molecule has 0 aliphatic rings. The lowest BCUT2D eigenvalue weighted by atomic mass is 10.1. The molecule has 8 nitrogen and oxygen atoms in total. The van der Waals surface area contributed by atoms with E-state index in [2.05, 4.69) is 20.1 Å². The van der Waals surface area contributed by atoms with Crippen molar-refractivity contribution >= 4 is 46.8 Å². The van der Waals surface area contributed by atoms with Gasteiger partial charge in [0.05, 0.1) is 16.9 Å². The highest BCUT2D eigenvalue weighted by Crippen LogP contribution is 2.39. The van der Waals surface area contributed by atoms with E-state index >= 15 is 0 Å². The van der Waals surface area contributed by atoms with Crippen LogP contribution in [0.4, 0.5) is 21.6 Å². The van der Waals surface area contributed by atoms with Crippen LogP contribution in [-0.2, 0) is 7.05 Å². The van der Waals surface area contributed by atoms with Crippen LogP contribution in [0, 0.1) is 19.7 Å². The van der Waals surface area contributed by atoms with E-state index in [-0.39, 0.29) is 39.2 Å². The standard InChI is InChI=1S/C23H25ClFN5O3S/c1-12-9-10-15(14(25)11-12)28-21-18(22(31)26-3)20(13(2)23(32)30(21)5)33-17-8-6-7-16(19(17)24)29-34-27-4/h6-11,27-29H,1-5H3,(H,26,31). The predicted octanol–water partition coefficient (Wildman–Crippen LogP) is 4.88. The first-order valence-corrected chi connectivity index (χ1v) is 11.4. The Morgan fingerprint density at radius 1 is 1.15 bits per heavy atom. The van der Waals surface area contributed by atoms with E-state index in [1.807, 2.05) is 0 Å². The van der Waals surface area contributed by atoms with Crippen molar-refractivity contribution < 1.29 is 13.9 Å². The molecule has 34 heavy (non-hydrogen) atoms. The number of carbonyl (C=O) groups is 1. The van der Waals surface area contributed by atoms with Gasteiger partial charge in [0.2, 0.25) is 0 Å². The Kier molecular flexibility index (Phi) is 8.08. The summed E-state index contributed by atoms with van der Waals surface area (Å²) in [6.07, 6.45) is 0. The molecule has 180 valence electrons. The number of halogens is 2. The van der Waals surface area contributed by atoms with Crippen LogP contribution >= 0.6 is 23.7 Å². The molecule has 0 spiro atoms. The summed E-state index contributed by atoms with van der Waals surface area (Å²) in [6, 6.07) is 9.70. The zero-order valence-electron chi connectivity index (χ0n) is 19.3. The highest BCUT2D eigenvalue weighted by Gasteiger charge is 2.26. The minimum Gasteiger partial charge on any atom is -0.454 e. The fraction of sp³-hybridized carbons (Fsp3) is 0.217. The Labute approximate surface area is 206 Å². The van der Waals surface area contributed by atoms with Crippen molar-refractivity contribution in [3.05, 3.63) is 74.3 Å². The van der Waals surface area contributed by atoms with Gasteiger partial charge in [0, 0.05) is 26.2 Å². The molecule has 3 rings (SSSR count). The van der Waals surface area contributed by atoms with Crippen LogP contribution in [0.15, 0.2) is 41.2 Å². The summed E-state index contributed by atoms with van der Waals surface area (Å²) in [5.41, 5.74) is 1.20. The summed E-state index contributed by atoms with van der Waals surface area (Å²) in [5.74, 6) is -0.735. The monoisotopic (exact) mass is 505 g/mol. The zero-order chi connectivity index (χ0) is 25.0. The van der Waals surface area contributed by atoms with Crippen molar-refractivity contribution in [2.45, 2.75) is 13.8 Å². The molecule has 0 fully saturated rings. The van der Waals surface area contributed by atoms with E-state index in [1.165, 1.54) is 42.9 Å². The first kappa shape index (κ1) is 25.4. The largest absolute Gasteiger partial charge is 0.454 e. The van der Waals surface area contributed by atoms with Crippen LogP contribution in [0.3, 0.4) is 0 Å². The average molecular weight is 506 g/mol. The van der Waals surface area contributed by atoms with Crippen molar-refractivity contribution in [1.82, 2.24) is 14.6 Å². The van der Waals surface area contributed by atoms with E-state index in [4.69, 9.17) is 16.3 Å². The normalized spacial score (nSPS) is 10.7. The van der Waals surface area contributed by atoms with Gasteiger partial charge in [0.15, 0.2) is 5.75 Å². The molecule has 0 saturated heterocycles. The third-order valence-electron chi connectivity index (χ3n) is 5.04. The molecule has 1 aromatic heterocycles. The number of hydrogen-bond acceptors (Lipinski definition) is 7. The second-order valence-electron chi connectivity index (χ2n) is 7.36. The van der Waals surface area contributed by atoms with Gasteiger partial charge in [-0.05, 0) is 50.7 Å². The first-order valence-electron chi connectivity index (χ1n) is 10.2. The number of amides is 1.